The van der Waals surface area contributed by atoms with Gasteiger partial charge in [0.2, 0.25) is 5.82 Å². The minimum Gasteiger partial charge on any atom is -0.464 e. The van der Waals surface area contributed by atoms with Crippen molar-refractivity contribution in [3.8, 4) is 17.3 Å². The molecule has 0 atom stereocenters. The van der Waals surface area contributed by atoms with Gasteiger partial charge in [-0.1, -0.05) is 23.4 Å². The summed E-state index contributed by atoms with van der Waals surface area (Å²) in [6.45, 7) is 1.87. The van der Waals surface area contributed by atoms with Gasteiger partial charge in [0.25, 0.3) is 5.89 Å². The first kappa shape index (κ1) is 13.4. The number of hydrogen-bond donors (Lipinski definition) is 0. The highest BCUT2D eigenvalue weighted by molar-refractivity contribution is 5.86. The second kappa shape index (κ2) is 5.49. The second-order valence-corrected chi connectivity index (χ2v) is 5.04. The standard InChI is InChI=1S/C17H12N4O2/c1-11-6-7-14(20-19-11)16-18-17(23-21-16)13-8-9-22-15-5-3-2-4-12(15)10-13/h2-10H,1H3. The monoisotopic (exact) mass is 304 g/mol. The molecule has 1 aromatic carbocycles. The maximum atomic E-state index is 5.56. The van der Waals surface area contributed by atoms with Crippen LogP contribution in [0.2, 0.25) is 0 Å². The smallest absolute Gasteiger partial charge is 0.258 e. The zero-order valence-corrected chi connectivity index (χ0v) is 12.3. The van der Waals surface area contributed by atoms with Crippen molar-refractivity contribution in [3.05, 3.63) is 65.9 Å². The van der Waals surface area contributed by atoms with E-state index in [1.54, 1.807) is 12.3 Å². The number of para-hydroxylation sites is 1. The molecule has 0 saturated heterocycles. The summed E-state index contributed by atoms with van der Waals surface area (Å²) in [5, 5.41) is 12.0. The predicted molar refractivity (Wildman–Crippen MR) is 84.1 cm³/mol. The van der Waals surface area contributed by atoms with Crippen molar-refractivity contribution in [2.75, 3.05) is 0 Å². The van der Waals surface area contributed by atoms with Crippen molar-refractivity contribution in [2.45, 2.75) is 6.92 Å². The zero-order valence-electron chi connectivity index (χ0n) is 12.3. The Balaban J connectivity index is 1.72. The topological polar surface area (TPSA) is 73.9 Å². The molecule has 112 valence electrons. The summed E-state index contributed by atoms with van der Waals surface area (Å²) in [6.07, 6.45) is 5.34. The summed E-state index contributed by atoms with van der Waals surface area (Å²) in [4.78, 5) is 4.39. The Bertz CT molecular complexity index is 910. The van der Waals surface area contributed by atoms with Gasteiger partial charge in [0.15, 0.2) is 0 Å². The third-order valence-electron chi connectivity index (χ3n) is 3.37. The third-order valence-corrected chi connectivity index (χ3v) is 3.37. The number of aromatic nitrogens is 4. The van der Waals surface area contributed by atoms with E-state index in [1.165, 1.54) is 0 Å². The highest BCUT2D eigenvalue weighted by Gasteiger charge is 2.15. The molecule has 0 spiro atoms. The van der Waals surface area contributed by atoms with Crippen molar-refractivity contribution in [3.63, 3.8) is 0 Å². The third kappa shape index (κ3) is 2.62. The molecule has 6 nitrogen and oxygen atoms in total. The molecule has 3 aromatic rings. The molecule has 0 bridgehead atoms. The van der Waals surface area contributed by atoms with Crippen molar-refractivity contribution < 1.29 is 9.26 Å². The number of ether oxygens (including phenoxy) is 1. The van der Waals surface area contributed by atoms with Gasteiger partial charge in [-0.05, 0) is 37.3 Å². The lowest BCUT2D eigenvalue weighted by Gasteiger charge is -2.01. The Labute approximate surface area is 132 Å². The number of hydrogen-bond acceptors (Lipinski definition) is 6. The van der Waals surface area contributed by atoms with Gasteiger partial charge in [-0.2, -0.15) is 10.1 Å². The molecule has 0 amide bonds. The zero-order chi connectivity index (χ0) is 15.6. The van der Waals surface area contributed by atoms with Crippen molar-refractivity contribution in [2.24, 2.45) is 0 Å². The van der Waals surface area contributed by atoms with Crippen LogP contribution in [0.1, 0.15) is 17.1 Å². The minimum absolute atomic E-state index is 0.402. The van der Waals surface area contributed by atoms with Gasteiger partial charge in [0.05, 0.1) is 12.0 Å². The first-order chi connectivity index (χ1) is 11.3. The molecule has 1 aliphatic rings. The van der Waals surface area contributed by atoms with E-state index in [0.29, 0.717) is 17.4 Å². The number of fused-ring (bicyclic) bond motifs is 1. The second-order valence-electron chi connectivity index (χ2n) is 5.04. The Kier molecular flexibility index (Phi) is 3.20. The molecular weight excluding hydrogens is 292 g/mol. The van der Waals surface area contributed by atoms with Crippen LogP contribution in [0.25, 0.3) is 23.2 Å². The number of aryl methyl sites for hydroxylation is 1. The van der Waals surface area contributed by atoms with E-state index in [0.717, 1.165) is 22.6 Å². The van der Waals surface area contributed by atoms with E-state index in [1.807, 2.05) is 49.4 Å². The van der Waals surface area contributed by atoms with Gasteiger partial charge in [0.1, 0.15) is 11.4 Å². The van der Waals surface area contributed by atoms with Crippen LogP contribution in [-0.4, -0.2) is 20.3 Å². The predicted octanol–water partition coefficient (Wildman–Crippen LogP) is 3.28. The lowest BCUT2D eigenvalue weighted by molar-refractivity contribution is 0.409. The highest BCUT2D eigenvalue weighted by atomic mass is 16.5. The van der Waals surface area contributed by atoms with Crippen LogP contribution in [0, 0.1) is 6.92 Å². The first-order valence-electron chi connectivity index (χ1n) is 7.08. The molecular formula is C17H12N4O2. The number of rotatable bonds is 2. The van der Waals surface area contributed by atoms with Gasteiger partial charge >= 0.3 is 0 Å². The Morgan fingerprint density at radius 2 is 1.91 bits per heavy atom. The van der Waals surface area contributed by atoms with Gasteiger partial charge in [-0.3, -0.25) is 0 Å². The van der Waals surface area contributed by atoms with Crippen LogP contribution in [0.5, 0.6) is 5.75 Å². The molecule has 23 heavy (non-hydrogen) atoms. The average molecular weight is 304 g/mol. The molecule has 0 N–H and O–H groups in total. The Morgan fingerprint density at radius 1 is 1.00 bits per heavy atom. The molecule has 1 aliphatic heterocycles. The maximum Gasteiger partial charge on any atom is 0.258 e. The molecule has 0 unspecified atom stereocenters. The summed E-state index contributed by atoms with van der Waals surface area (Å²) in [6, 6.07) is 11.4. The van der Waals surface area contributed by atoms with E-state index >= 15 is 0 Å². The summed E-state index contributed by atoms with van der Waals surface area (Å²) in [5.74, 6) is 1.59. The molecule has 4 rings (SSSR count). The van der Waals surface area contributed by atoms with Crippen LogP contribution >= 0.6 is 0 Å². The average Bonchev–Trinajstić information content (AvgIpc) is 2.96. The van der Waals surface area contributed by atoms with Crippen LogP contribution in [0.15, 0.2) is 53.3 Å². The molecule has 0 radical (unpaired) electrons. The fourth-order valence-electron chi connectivity index (χ4n) is 2.20. The fraction of sp³-hybridized carbons (Fsp3) is 0.0588. The Morgan fingerprint density at radius 3 is 2.78 bits per heavy atom. The highest BCUT2D eigenvalue weighted by Crippen LogP contribution is 2.28. The molecule has 3 heterocycles. The van der Waals surface area contributed by atoms with Gasteiger partial charge in [0, 0.05) is 11.1 Å². The lowest BCUT2D eigenvalue weighted by atomic mass is 10.1. The van der Waals surface area contributed by atoms with Gasteiger partial charge < -0.3 is 9.26 Å². The summed E-state index contributed by atoms with van der Waals surface area (Å²) in [5.41, 5.74) is 3.12. The van der Waals surface area contributed by atoms with Gasteiger partial charge in [-0.15, -0.1) is 5.10 Å². The molecule has 0 saturated carbocycles. The SMILES string of the molecule is Cc1ccc(-c2noc(C3=Cc4ccccc4OC=C3)n2)nn1. The molecule has 6 heteroatoms. The van der Waals surface area contributed by atoms with Gasteiger partial charge in [-0.25, -0.2) is 0 Å². The van der Waals surface area contributed by atoms with Crippen LogP contribution < -0.4 is 4.74 Å². The van der Waals surface area contributed by atoms with E-state index in [4.69, 9.17) is 9.26 Å². The summed E-state index contributed by atoms with van der Waals surface area (Å²) >= 11 is 0. The quantitative estimate of drug-likeness (QED) is 0.723. The van der Waals surface area contributed by atoms with E-state index in [-0.39, 0.29) is 0 Å². The van der Waals surface area contributed by atoms with Crippen LogP contribution in [0.3, 0.4) is 0 Å². The van der Waals surface area contributed by atoms with Crippen LogP contribution in [0.4, 0.5) is 0 Å². The number of nitrogens with zero attached hydrogens (tertiary/aromatic N) is 4. The molecule has 0 fully saturated rings. The Hall–Kier alpha value is -3.28. The van der Waals surface area contributed by atoms with E-state index in [9.17, 15) is 0 Å². The normalized spacial score (nSPS) is 13.0. The summed E-state index contributed by atoms with van der Waals surface area (Å²) < 4.78 is 10.9. The minimum atomic E-state index is 0.402. The van der Waals surface area contributed by atoms with E-state index < -0.39 is 0 Å². The first-order valence-corrected chi connectivity index (χ1v) is 7.08. The lowest BCUT2D eigenvalue weighted by Crippen LogP contribution is -1.91. The van der Waals surface area contributed by atoms with Crippen molar-refractivity contribution in [1.29, 1.82) is 0 Å². The molecule has 2 aromatic heterocycles. The number of benzene rings is 1. The number of allylic oxidation sites excluding steroid dienone is 2. The summed E-state index contributed by atoms with van der Waals surface area (Å²) in [7, 11) is 0. The van der Waals surface area contributed by atoms with Crippen molar-refractivity contribution >= 4 is 11.6 Å². The van der Waals surface area contributed by atoms with Crippen molar-refractivity contribution in [1.82, 2.24) is 20.3 Å². The molecule has 0 aliphatic carbocycles. The largest absolute Gasteiger partial charge is 0.464 e. The van der Waals surface area contributed by atoms with E-state index in [2.05, 4.69) is 20.3 Å². The van der Waals surface area contributed by atoms with Crippen LogP contribution in [-0.2, 0) is 0 Å². The maximum absolute atomic E-state index is 5.56. The fourth-order valence-corrected chi connectivity index (χ4v) is 2.20.